The topological polar surface area (TPSA) is 72.3 Å². The van der Waals surface area contributed by atoms with E-state index in [2.05, 4.69) is 9.97 Å². The number of ether oxygens (including phenoxy) is 1. The van der Waals surface area contributed by atoms with Crippen LogP contribution in [0.4, 0.5) is 0 Å². The fraction of sp³-hybridized carbons (Fsp3) is 0.500. The first-order valence-electron chi connectivity index (χ1n) is 4.77. The smallest absolute Gasteiger partial charge is 0.303 e. The zero-order valence-corrected chi connectivity index (χ0v) is 8.86. The number of aryl methyl sites for hydroxylation is 1. The molecule has 0 saturated carbocycles. The molecule has 5 nitrogen and oxygen atoms in total. The number of carboxylic acid groups (broad SMARTS) is 1. The van der Waals surface area contributed by atoms with Crippen LogP contribution < -0.4 is 4.74 Å². The Balaban J connectivity index is 2.94. The molecule has 5 heteroatoms. The van der Waals surface area contributed by atoms with Crippen molar-refractivity contribution in [2.24, 2.45) is 0 Å². The van der Waals surface area contributed by atoms with Crippen LogP contribution in [0.5, 0.6) is 5.88 Å². The molecule has 1 heterocycles. The quantitative estimate of drug-likeness (QED) is 0.786. The molecule has 0 radical (unpaired) electrons. The van der Waals surface area contributed by atoms with Gasteiger partial charge in [0.25, 0.3) is 0 Å². The molecular formula is C10H14N2O3. The molecule has 82 valence electrons. The van der Waals surface area contributed by atoms with Gasteiger partial charge in [-0.3, -0.25) is 4.79 Å². The molecule has 1 rings (SSSR count). The van der Waals surface area contributed by atoms with Crippen molar-refractivity contribution >= 4 is 5.97 Å². The molecule has 0 saturated heterocycles. The highest BCUT2D eigenvalue weighted by Crippen LogP contribution is 2.19. The van der Waals surface area contributed by atoms with Gasteiger partial charge in [-0.2, -0.15) is 0 Å². The predicted molar refractivity (Wildman–Crippen MR) is 53.9 cm³/mol. The largest absolute Gasteiger partial charge is 0.481 e. The van der Waals surface area contributed by atoms with E-state index < -0.39 is 5.97 Å². The summed E-state index contributed by atoms with van der Waals surface area (Å²) < 4.78 is 5.08. The van der Waals surface area contributed by atoms with Gasteiger partial charge in [0.15, 0.2) is 0 Å². The summed E-state index contributed by atoms with van der Waals surface area (Å²) in [5.41, 5.74) is 1.65. The molecule has 0 unspecified atom stereocenters. The van der Waals surface area contributed by atoms with Gasteiger partial charge in [-0.25, -0.2) is 9.97 Å². The van der Waals surface area contributed by atoms with Gasteiger partial charge in [-0.15, -0.1) is 0 Å². The maximum absolute atomic E-state index is 10.5. The van der Waals surface area contributed by atoms with Crippen molar-refractivity contribution in [1.29, 1.82) is 0 Å². The molecule has 0 aliphatic heterocycles. The van der Waals surface area contributed by atoms with E-state index in [4.69, 9.17) is 9.84 Å². The van der Waals surface area contributed by atoms with Gasteiger partial charge in [0, 0.05) is 12.0 Å². The Morgan fingerprint density at radius 3 is 2.80 bits per heavy atom. The van der Waals surface area contributed by atoms with E-state index >= 15 is 0 Å². The molecule has 0 spiro atoms. The van der Waals surface area contributed by atoms with Crippen LogP contribution in [0.25, 0.3) is 0 Å². The summed E-state index contributed by atoms with van der Waals surface area (Å²) in [7, 11) is 1.52. The molecule has 0 fully saturated rings. The fourth-order valence-corrected chi connectivity index (χ4v) is 1.39. The lowest BCUT2D eigenvalue weighted by atomic mass is 10.1. The third-order valence-electron chi connectivity index (χ3n) is 2.11. The summed E-state index contributed by atoms with van der Waals surface area (Å²) in [6, 6.07) is 0. The monoisotopic (exact) mass is 210 g/mol. The molecule has 1 N–H and O–H groups in total. The maximum Gasteiger partial charge on any atom is 0.303 e. The SMILES string of the molecule is CCc1ncnc(OC)c1CCC(=O)O. The lowest BCUT2D eigenvalue weighted by molar-refractivity contribution is -0.136. The van der Waals surface area contributed by atoms with Gasteiger partial charge in [-0.05, 0) is 12.8 Å². The van der Waals surface area contributed by atoms with Crippen LogP contribution in [-0.2, 0) is 17.6 Å². The fourth-order valence-electron chi connectivity index (χ4n) is 1.39. The standard InChI is InChI=1S/C10H14N2O3/c1-3-8-7(4-5-9(13)14)10(15-2)12-6-11-8/h6H,3-5H2,1-2H3,(H,13,14). The van der Waals surface area contributed by atoms with Crippen molar-refractivity contribution in [3.05, 3.63) is 17.6 Å². The minimum Gasteiger partial charge on any atom is -0.481 e. The third kappa shape index (κ3) is 2.90. The molecule has 0 bridgehead atoms. The number of methoxy groups -OCH3 is 1. The number of hydrogen-bond donors (Lipinski definition) is 1. The van der Waals surface area contributed by atoms with Crippen LogP contribution in [0.2, 0.25) is 0 Å². The number of hydrogen-bond acceptors (Lipinski definition) is 4. The molecule has 0 atom stereocenters. The lowest BCUT2D eigenvalue weighted by Gasteiger charge is -2.09. The highest BCUT2D eigenvalue weighted by Gasteiger charge is 2.11. The highest BCUT2D eigenvalue weighted by atomic mass is 16.5. The Bertz CT molecular complexity index is 330. The molecule has 0 amide bonds. The zero-order chi connectivity index (χ0) is 11.3. The molecule has 1 aromatic heterocycles. The Labute approximate surface area is 88.1 Å². The van der Waals surface area contributed by atoms with Gasteiger partial charge in [-0.1, -0.05) is 6.92 Å². The molecule has 0 aliphatic rings. The van der Waals surface area contributed by atoms with Crippen LogP contribution >= 0.6 is 0 Å². The van der Waals surface area contributed by atoms with Gasteiger partial charge >= 0.3 is 5.97 Å². The van der Waals surface area contributed by atoms with Gasteiger partial charge < -0.3 is 9.84 Å². The van der Waals surface area contributed by atoms with Crippen molar-refractivity contribution in [2.75, 3.05) is 7.11 Å². The van der Waals surface area contributed by atoms with Gasteiger partial charge in [0.1, 0.15) is 6.33 Å². The summed E-state index contributed by atoms with van der Waals surface area (Å²) in [6.07, 6.45) is 2.65. The van der Waals surface area contributed by atoms with E-state index in [1.54, 1.807) is 0 Å². The second kappa shape index (κ2) is 5.29. The van der Waals surface area contributed by atoms with Crippen molar-refractivity contribution < 1.29 is 14.6 Å². The minimum absolute atomic E-state index is 0.0662. The van der Waals surface area contributed by atoms with Crippen molar-refractivity contribution in [3.63, 3.8) is 0 Å². The van der Waals surface area contributed by atoms with E-state index in [-0.39, 0.29) is 6.42 Å². The Kier molecular flexibility index (Phi) is 4.03. The van der Waals surface area contributed by atoms with E-state index in [1.807, 2.05) is 6.92 Å². The van der Waals surface area contributed by atoms with Crippen LogP contribution in [0.3, 0.4) is 0 Å². The highest BCUT2D eigenvalue weighted by molar-refractivity contribution is 5.67. The minimum atomic E-state index is -0.831. The summed E-state index contributed by atoms with van der Waals surface area (Å²) in [5.74, 6) is -0.356. The first kappa shape index (κ1) is 11.4. The number of aromatic nitrogens is 2. The Hall–Kier alpha value is -1.65. The molecule has 15 heavy (non-hydrogen) atoms. The molecule has 1 aromatic rings. The number of nitrogens with zero attached hydrogens (tertiary/aromatic N) is 2. The maximum atomic E-state index is 10.5. The van der Waals surface area contributed by atoms with Crippen LogP contribution in [0, 0.1) is 0 Å². The van der Waals surface area contributed by atoms with E-state index in [9.17, 15) is 4.79 Å². The van der Waals surface area contributed by atoms with E-state index in [0.29, 0.717) is 12.3 Å². The van der Waals surface area contributed by atoms with Crippen LogP contribution in [-0.4, -0.2) is 28.2 Å². The Morgan fingerprint density at radius 1 is 1.53 bits per heavy atom. The first-order chi connectivity index (χ1) is 7.19. The first-order valence-corrected chi connectivity index (χ1v) is 4.77. The van der Waals surface area contributed by atoms with Crippen molar-refractivity contribution in [2.45, 2.75) is 26.2 Å². The zero-order valence-electron chi connectivity index (χ0n) is 8.86. The van der Waals surface area contributed by atoms with E-state index in [0.717, 1.165) is 17.7 Å². The molecule has 0 aromatic carbocycles. The second-order valence-electron chi connectivity index (χ2n) is 3.06. The van der Waals surface area contributed by atoms with Gasteiger partial charge in [0.2, 0.25) is 5.88 Å². The average Bonchev–Trinajstić information content (AvgIpc) is 2.25. The summed E-state index contributed by atoms with van der Waals surface area (Å²) in [4.78, 5) is 18.5. The number of aliphatic carboxylic acids is 1. The third-order valence-corrected chi connectivity index (χ3v) is 2.11. The Morgan fingerprint density at radius 2 is 2.27 bits per heavy atom. The number of carboxylic acids is 1. The van der Waals surface area contributed by atoms with Crippen molar-refractivity contribution in [1.82, 2.24) is 9.97 Å². The second-order valence-corrected chi connectivity index (χ2v) is 3.06. The van der Waals surface area contributed by atoms with Crippen molar-refractivity contribution in [3.8, 4) is 5.88 Å². The number of carbonyl (C=O) groups is 1. The predicted octanol–water partition coefficient (Wildman–Crippen LogP) is 1.06. The lowest BCUT2D eigenvalue weighted by Crippen LogP contribution is -2.05. The summed E-state index contributed by atoms with van der Waals surface area (Å²) in [6.45, 7) is 1.96. The molecule has 0 aliphatic carbocycles. The molecular weight excluding hydrogens is 196 g/mol. The van der Waals surface area contributed by atoms with Crippen LogP contribution in [0.1, 0.15) is 24.6 Å². The normalized spacial score (nSPS) is 10.0. The summed E-state index contributed by atoms with van der Waals surface area (Å²) >= 11 is 0. The number of rotatable bonds is 5. The van der Waals surface area contributed by atoms with Gasteiger partial charge in [0.05, 0.1) is 12.8 Å². The summed E-state index contributed by atoms with van der Waals surface area (Å²) in [5, 5.41) is 8.62. The van der Waals surface area contributed by atoms with Crippen LogP contribution in [0.15, 0.2) is 6.33 Å². The average molecular weight is 210 g/mol. The van der Waals surface area contributed by atoms with E-state index in [1.165, 1.54) is 13.4 Å².